The molecule has 0 aromatic carbocycles. The Morgan fingerprint density at radius 1 is 1.50 bits per heavy atom. The molecule has 100 valence electrons. The monoisotopic (exact) mass is 271 g/mol. The zero-order valence-electron chi connectivity index (χ0n) is 10.4. The summed E-state index contributed by atoms with van der Waals surface area (Å²) in [5.74, 6) is -1.54. The van der Waals surface area contributed by atoms with E-state index in [0.29, 0.717) is 4.88 Å². The number of hydrogen-bond donors (Lipinski definition) is 3. The molecule has 1 atom stereocenters. The number of rotatable bonds is 6. The minimum Gasteiger partial charge on any atom is -0.480 e. The first-order chi connectivity index (χ1) is 8.49. The van der Waals surface area contributed by atoms with Crippen LogP contribution >= 0.6 is 11.3 Å². The molecule has 1 rings (SSSR count). The predicted octanol–water partition coefficient (Wildman–Crippen LogP) is 1.18. The Labute approximate surface area is 109 Å². The van der Waals surface area contributed by atoms with Crippen LogP contribution in [0.25, 0.3) is 0 Å². The van der Waals surface area contributed by atoms with Crippen LogP contribution in [0.15, 0.2) is 6.07 Å². The summed E-state index contributed by atoms with van der Waals surface area (Å²) in [5, 5.41) is 20.0. The fourth-order valence-corrected chi connectivity index (χ4v) is 2.62. The molecule has 0 aliphatic heterocycles. The Kier molecular flexibility index (Phi) is 5.30. The van der Waals surface area contributed by atoms with Crippen LogP contribution in [-0.2, 0) is 11.2 Å². The summed E-state index contributed by atoms with van der Waals surface area (Å²) in [4.78, 5) is 24.4. The number of aliphatic hydroxyl groups is 1. The second-order valence-electron chi connectivity index (χ2n) is 3.95. The molecule has 0 saturated heterocycles. The number of carboxylic acid groups (broad SMARTS) is 1. The van der Waals surface area contributed by atoms with Crippen molar-refractivity contribution < 1.29 is 19.8 Å². The normalized spacial score (nSPS) is 12.2. The van der Waals surface area contributed by atoms with Gasteiger partial charge in [-0.2, -0.15) is 0 Å². The Bertz CT molecular complexity index is 441. The fraction of sp³-hybridized carbons (Fsp3) is 0.500. The van der Waals surface area contributed by atoms with E-state index in [0.717, 1.165) is 16.9 Å². The summed E-state index contributed by atoms with van der Waals surface area (Å²) < 4.78 is 0. The largest absolute Gasteiger partial charge is 0.480 e. The molecule has 1 amide bonds. The van der Waals surface area contributed by atoms with Gasteiger partial charge in [-0.1, -0.05) is 6.92 Å². The lowest BCUT2D eigenvalue weighted by molar-refractivity contribution is -0.139. The highest BCUT2D eigenvalue weighted by atomic mass is 32.1. The highest BCUT2D eigenvalue weighted by Crippen LogP contribution is 2.22. The van der Waals surface area contributed by atoms with Crippen LogP contribution in [0.3, 0.4) is 0 Å². The zero-order chi connectivity index (χ0) is 13.7. The van der Waals surface area contributed by atoms with Crippen molar-refractivity contribution in [2.75, 3.05) is 6.61 Å². The Morgan fingerprint density at radius 3 is 2.61 bits per heavy atom. The highest BCUT2D eigenvalue weighted by molar-refractivity contribution is 7.14. The third-order valence-corrected chi connectivity index (χ3v) is 3.97. The number of amides is 1. The molecule has 1 aromatic heterocycles. The molecular weight excluding hydrogens is 254 g/mol. The van der Waals surface area contributed by atoms with E-state index in [4.69, 9.17) is 10.2 Å². The molecule has 0 bridgehead atoms. The SMILES string of the molecule is CCc1sc(C(=O)N[C@@H](CCO)C(=O)O)cc1C. The number of aryl methyl sites for hydroxylation is 2. The van der Waals surface area contributed by atoms with Crippen LogP contribution in [0, 0.1) is 6.92 Å². The number of aliphatic carboxylic acids is 1. The van der Waals surface area contributed by atoms with Crippen LogP contribution in [0.4, 0.5) is 0 Å². The van der Waals surface area contributed by atoms with Crippen LogP contribution in [0.1, 0.15) is 33.5 Å². The highest BCUT2D eigenvalue weighted by Gasteiger charge is 2.21. The maximum atomic E-state index is 11.9. The average molecular weight is 271 g/mol. The molecule has 6 heteroatoms. The summed E-state index contributed by atoms with van der Waals surface area (Å²) in [6.45, 7) is 3.65. The quantitative estimate of drug-likeness (QED) is 0.725. The molecule has 18 heavy (non-hydrogen) atoms. The molecule has 0 aliphatic rings. The second-order valence-corrected chi connectivity index (χ2v) is 5.08. The summed E-state index contributed by atoms with van der Waals surface area (Å²) in [7, 11) is 0. The van der Waals surface area contributed by atoms with Crippen molar-refractivity contribution in [3.63, 3.8) is 0 Å². The van der Waals surface area contributed by atoms with Gasteiger partial charge >= 0.3 is 5.97 Å². The first-order valence-corrected chi connectivity index (χ1v) is 6.55. The van der Waals surface area contributed by atoms with Crippen LogP contribution < -0.4 is 5.32 Å². The maximum absolute atomic E-state index is 11.9. The van der Waals surface area contributed by atoms with Crippen LogP contribution in [0.2, 0.25) is 0 Å². The van der Waals surface area contributed by atoms with Crippen molar-refractivity contribution in [3.05, 3.63) is 21.4 Å². The van der Waals surface area contributed by atoms with Crippen molar-refractivity contribution in [2.45, 2.75) is 32.7 Å². The van der Waals surface area contributed by atoms with Gasteiger partial charge in [0.05, 0.1) is 4.88 Å². The minimum absolute atomic E-state index is 0.00602. The molecule has 0 unspecified atom stereocenters. The van der Waals surface area contributed by atoms with Gasteiger partial charge in [0.25, 0.3) is 5.91 Å². The molecule has 0 fully saturated rings. The number of aliphatic hydroxyl groups excluding tert-OH is 1. The lowest BCUT2D eigenvalue weighted by atomic mass is 10.2. The van der Waals surface area contributed by atoms with E-state index in [1.54, 1.807) is 6.07 Å². The molecule has 1 heterocycles. The zero-order valence-corrected chi connectivity index (χ0v) is 11.2. The van der Waals surface area contributed by atoms with Gasteiger partial charge in [0.15, 0.2) is 0 Å². The molecule has 0 radical (unpaired) electrons. The van der Waals surface area contributed by atoms with E-state index in [-0.39, 0.29) is 13.0 Å². The molecule has 0 spiro atoms. The number of carbonyl (C=O) groups is 2. The topological polar surface area (TPSA) is 86.6 Å². The number of carbonyl (C=O) groups excluding carboxylic acids is 1. The third-order valence-electron chi connectivity index (χ3n) is 2.59. The summed E-state index contributed by atoms with van der Waals surface area (Å²) >= 11 is 1.37. The van der Waals surface area contributed by atoms with Crippen LogP contribution in [0.5, 0.6) is 0 Å². The van der Waals surface area contributed by atoms with Gasteiger partial charge in [0.1, 0.15) is 6.04 Å². The van der Waals surface area contributed by atoms with Gasteiger partial charge in [-0.3, -0.25) is 4.79 Å². The van der Waals surface area contributed by atoms with Crippen molar-refractivity contribution in [2.24, 2.45) is 0 Å². The summed E-state index contributed by atoms with van der Waals surface area (Å²) in [6.07, 6.45) is 0.856. The Morgan fingerprint density at radius 2 is 2.17 bits per heavy atom. The number of carboxylic acids is 1. The lowest BCUT2D eigenvalue weighted by Gasteiger charge is -2.12. The van der Waals surface area contributed by atoms with Crippen molar-refractivity contribution >= 4 is 23.2 Å². The van der Waals surface area contributed by atoms with E-state index in [1.807, 2.05) is 13.8 Å². The Balaban J connectivity index is 2.77. The number of thiophene rings is 1. The van der Waals surface area contributed by atoms with E-state index in [9.17, 15) is 9.59 Å². The molecule has 1 aromatic rings. The first-order valence-electron chi connectivity index (χ1n) is 5.73. The smallest absolute Gasteiger partial charge is 0.326 e. The average Bonchev–Trinajstić information content (AvgIpc) is 2.69. The Hall–Kier alpha value is -1.40. The van der Waals surface area contributed by atoms with Gasteiger partial charge in [0.2, 0.25) is 0 Å². The molecule has 0 saturated carbocycles. The van der Waals surface area contributed by atoms with Crippen LogP contribution in [-0.4, -0.2) is 34.7 Å². The standard InChI is InChI=1S/C12H17NO4S/c1-3-9-7(2)6-10(18-9)11(15)13-8(4-5-14)12(16)17/h6,8,14H,3-5H2,1-2H3,(H,13,15)(H,16,17)/t8-/m0/s1. The second kappa shape index (κ2) is 6.51. The maximum Gasteiger partial charge on any atom is 0.326 e. The van der Waals surface area contributed by atoms with Crippen molar-refractivity contribution in [1.29, 1.82) is 0 Å². The van der Waals surface area contributed by atoms with E-state index < -0.39 is 17.9 Å². The van der Waals surface area contributed by atoms with E-state index >= 15 is 0 Å². The first kappa shape index (κ1) is 14.7. The van der Waals surface area contributed by atoms with Gasteiger partial charge in [0, 0.05) is 17.9 Å². The van der Waals surface area contributed by atoms with E-state index in [1.165, 1.54) is 11.3 Å². The molecular formula is C12H17NO4S. The summed E-state index contributed by atoms with van der Waals surface area (Å²) in [5.41, 5.74) is 1.04. The molecule has 0 aliphatic carbocycles. The molecule has 5 nitrogen and oxygen atoms in total. The predicted molar refractivity (Wildman–Crippen MR) is 69.0 cm³/mol. The van der Waals surface area contributed by atoms with Gasteiger partial charge < -0.3 is 15.5 Å². The lowest BCUT2D eigenvalue weighted by Crippen LogP contribution is -2.41. The third kappa shape index (κ3) is 3.54. The number of nitrogens with one attached hydrogen (secondary N) is 1. The summed E-state index contributed by atoms with van der Waals surface area (Å²) in [6, 6.07) is 0.714. The molecule has 3 N–H and O–H groups in total. The van der Waals surface area contributed by atoms with Gasteiger partial charge in [-0.05, 0) is 25.0 Å². The van der Waals surface area contributed by atoms with Crippen molar-refractivity contribution in [3.8, 4) is 0 Å². The van der Waals surface area contributed by atoms with Gasteiger partial charge in [-0.25, -0.2) is 4.79 Å². The van der Waals surface area contributed by atoms with Gasteiger partial charge in [-0.15, -0.1) is 11.3 Å². The van der Waals surface area contributed by atoms with Crippen molar-refractivity contribution in [1.82, 2.24) is 5.32 Å². The minimum atomic E-state index is -1.14. The van der Waals surface area contributed by atoms with E-state index in [2.05, 4.69) is 5.32 Å². The number of hydrogen-bond acceptors (Lipinski definition) is 4. The fourth-order valence-electron chi connectivity index (χ4n) is 1.60.